The molecule has 1 amide bonds. The summed E-state index contributed by atoms with van der Waals surface area (Å²) in [6.45, 7) is 0.349. The van der Waals surface area contributed by atoms with E-state index in [4.69, 9.17) is 15.6 Å². The minimum absolute atomic E-state index is 0.158. The Morgan fingerprint density at radius 1 is 1.44 bits per heavy atom. The van der Waals surface area contributed by atoms with Gasteiger partial charge in [-0.25, -0.2) is 4.79 Å². The van der Waals surface area contributed by atoms with Gasteiger partial charge in [0.15, 0.2) is 6.10 Å². The molecule has 2 rings (SSSR count). The molecule has 2 unspecified atom stereocenters. The highest BCUT2D eigenvalue weighted by Gasteiger charge is 2.46. The highest BCUT2D eigenvalue weighted by Crippen LogP contribution is 2.32. The lowest BCUT2D eigenvalue weighted by atomic mass is 10.2. The van der Waals surface area contributed by atoms with Crippen LogP contribution in [0.15, 0.2) is 0 Å². The molecule has 6 nitrogen and oxygen atoms in total. The largest absolute Gasteiger partial charge is 0.479 e. The van der Waals surface area contributed by atoms with Gasteiger partial charge in [-0.15, -0.1) is 0 Å². The lowest BCUT2D eigenvalue weighted by Gasteiger charge is -2.14. The number of hydrogen-bond acceptors (Lipinski definition) is 4. The van der Waals surface area contributed by atoms with Gasteiger partial charge in [-0.05, 0) is 25.7 Å². The van der Waals surface area contributed by atoms with Crippen LogP contribution >= 0.6 is 0 Å². The fraction of sp³-hybridized carbons (Fsp3) is 0.800. The number of aliphatic carboxylic acids is 1. The van der Waals surface area contributed by atoms with E-state index in [2.05, 4.69) is 5.32 Å². The molecule has 6 heteroatoms. The molecule has 1 heterocycles. The molecule has 0 bridgehead atoms. The molecule has 90 valence electrons. The van der Waals surface area contributed by atoms with E-state index in [0.717, 1.165) is 12.8 Å². The number of hydrogen-bond donors (Lipinski definition) is 3. The first kappa shape index (κ1) is 11.3. The van der Waals surface area contributed by atoms with Crippen LogP contribution in [0.2, 0.25) is 0 Å². The third-order valence-corrected chi connectivity index (χ3v) is 3.11. The Balaban J connectivity index is 1.71. The Morgan fingerprint density at radius 3 is 2.62 bits per heavy atom. The number of carboxylic acid groups (broad SMARTS) is 1. The fourth-order valence-corrected chi connectivity index (χ4v) is 1.78. The van der Waals surface area contributed by atoms with Crippen molar-refractivity contribution in [3.8, 4) is 0 Å². The Hall–Kier alpha value is -1.14. The average Bonchev–Trinajstić information content (AvgIpc) is 2.82. The molecule has 2 aliphatic rings. The van der Waals surface area contributed by atoms with E-state index in [1.165, 1.54) is 0 Å². The van der Waals surface area contributed by atoms with Crippen LogP contribution in [0.1, 0.15) is 25.7 Å². The zero-order chi connectivity index (χ0) is 11.8. The number of carboxylic acids is 1. The van der Waals surface area contributed by atoms with E-state index in [-0.39, 0.29) is 12.0 Å². The number of ether oxygens (including phenoxy) is 1. The molecule has 1 aliphatic carbocycles. The third kappa shape index (κ3) is 2.33. The number of rotatable bonds is 4. The number of amides is 1. The minimum atomic E-state index is -0.939. The van der Waals surface area contributed by atoms with E-state index in [9.17, 15) is 9.59 Å². The van der Waals surface area contributed by atoms with Crippen molar-refractivity contribution in [1.29, 1.82) is 0 Å². The lowest BCUT2D eigenvalue weighted by Crippen LogP contribution is -2.45. The Bertz CT molecular complexity index is 314. The van der Waals surface area contributed by atoms with Gasteiger partial charge in [0, 0.05) is 6.54 Å². The quantitative estimate of drug-likeness (QED) is 0.586. The van der Waals surface area contributed by atoms with Crippen LogP contribution in [0.25, 0.3) is 0 Å². The predicted octanol–water partition coefficient (Wildman–Crippen LogP) is -0.774. The van der Waals surface area contributed by atoms with Gasteiger partial charge in [-0.3, -0.25) is 4.79 Å². The van der Waals surface area contributed by atoms with Gasteiger partial charge >= 0.3 is 5.97 Å². The predicted molar refractivity (Wildman–Crippen MR) is 54.7 cm³/mol. The molecular weight excluding hydrogens is 212 g/mol. The van der Waals surface area contributed by atoms with E-state index in [1.54, 1.807) is 0 Å². The molecule has 16 heavy (non-hydrogen) atoms. The number of nitrogens with one attached hydrogen (secondary N) is 1. The zero-order valence-corrected chi connectivity index (χ0v) is 8.94. The highest BCUT2D eigenvalue weighted by atomic mass is 16.5. The van der Waals surface area contributed by atoms with Gasteiger partial charge in [-0.1, -0.05) is 0 Å². The fourth-order valence-electron chi connectivity index (χ4n) is 1.78. The zero-order valence-electron chi connectivity index (χ0n) is 8.94. The second-order valence-electron chi connectivity index (χ2n) is 4.53. The van der Waals surface area contributed by atoms with Crippen LogP contribution in [0.3, 0.4) is 0 Å². The molecule has 4 N–H and O–H groups in total. The molecule has 0 aromatic heterocycles. The maximum absolute atomic E-state index is 11.5. The van der Waals surface area contributed by atoms with Crippen LogP contribution in [-0.2, 0) is 14.3 Å². The Kier molecular flexibility index (Phi) is 2.86. The normalized spacial score (nSPS) is 31.1. The van der Waals surface area contributed by atoms with Crippen LogP contribution < -0.4 is 11.1 Å². The van der Waals surface area contributed by atoms with Crippen LogP contribution in [0.4, 0.5) is 0 Å². The molecule has 2 atom stereocenters. The summed E-state index contributed by atoms with van der Waals surface area (Å²) < 4.78 is 5.25. The summed E-state index contributed by atoms with van der Waals surface area (Å²) in [5.74, 6) is -1.10. The molecule has 1 aliphatic heterocycles. The average molecular weight is 228 g/mol. The van der Waals surface area contributed by atoms with Crippen molar-refractivity contribution in [2.24, 2.45) is 5.73 Å². The monoisotopic (exact) mass is 228 g/mol. The van der Waals surface area contributed by atoms with Crippen molar-refractivity contribution in [1.82, 2.24) is 5.32 Å². The van der Waals surface area contributed by atoms with Gasteiger partial charge < -0.3 is 20.9 Å². The smallest absolute Gasteiger partial charge is 0.332 e. The number of carbonyl (C=O) groups is 2. The van der Waals surface area contributed by atoms with Crippen LogP contribution in [0.5, 0.6) is 0 Å². The number of nitrogens with two attached hydrogens (primary N) is 1. The Morgan fingerprint density at radius 2 is 2.12 bits per heavy atom. The van der Waals surface area contributed by atoms with Crippen LogP contribution in [0, 0.1) is 0 Å². The van der Waals surface area contributed by atoms with Gasteiger partial charge in [0.05, 0.1) is 11.6 Å². The summed E-state index contributed by atoms with van der Waals surface area (Å²) in [7, 11) is 0. The van der Waals surface area contributed by atoms with E-state index in [0.29, 0.717) is 19.4 Å². The first-order valence-electron chi connectivity index (χ1n) is 5.47. The van der Waals surface area contributed by atoms with Gasteiger partial charge in [0.1, 0.15) is 0 Å². The second-order valence-corrected chi connectivity index (χ2v) is 4.53. The molecule has 1 saturated carbocycles. The second kappa shape index (κ2) is 4.03. The minimum Gasteiger partial charge on any atom is -0.479 e. The van der Waals surface area contributed by atoms with Gasteiger partial charge in [0.25, 0.3) is 0 Å². The molecule has 0 aromatic rings. The highest BCUT2D eigenvalue weighted by molar-refractivity contribution is 5.88. The van der Waals surface area contributed by atoms with Crippen molar-refractivity contribution >= 4 is 11.9 Å². The van der Waals surface area contributed by atoms with Gasteiger partial charge in [-0.2, -0.15) is 0 Å². The van der Waals surface area contributed by atoms with Crippen molar-refractivity contribution in [2.75, 3.05) is 6.54 Å². The van der Waals surface area contributed by atoms with Crippen molar-refractivity contribution in [3.63, 3.8) is 0 Å². The Labute approximate surface area is 93.1 Å². The number of carbonyl (C=O) groups excluding carboxylic acids is 1. The topological polar surface area (TPSA) is 102 Å². The van der Waals surface area contributed by atoms with Crippen LogP contribution in [-0.4, -0.2) is 41.3 Å². The van der Waals surface area contributed by atoms with Crippen molar-refractivity contribution in [3.05, 3.63) is 0 Å². The first-order chi connectivity index (χ1) is 7.51. The maximum Gasteiger partial charge on any atom is 0.332 e. The molecule has 2 fully saturated rings. The van der Waals surface area contributed by atoms with Gasteiger partial charge in [0.2, 0.25) is 5.91 Å². The summed E-state index contributed by atoms with van der Waals surface area (Å²) in [5, 5.41) is 11.4. The maximum atomic E-state index is 11.5. The molecule has 0 radical (unpaired) electrons. The standard InChI is InChI=1S/C10H16N2O4/c11-10(3-4-10)9(15)12-5-6-1-2-7(16-6)8(13)14/h6-7H,1-5,11H2,(H,12,15)(H,13,14). The first-order valence-corrected chi connectivity index (χ1v) is 5.47. The van der Waals surface area contributed by atoms with Crippen molar-refractivity contribution < 1.29 is 19.4 Å². The molecular formula is C10H16N2O4. The third-order valence-electron chi connectivity index (χ3n) is 3.11. The molecule has 0 aromatic carbocycles. The SMILES string of the molecule is NC1(C(=O)NCC2CCC(C(=O)O)O2)CC1. The molecule has 0 spiro atoms. The summed E-state index contributed by atoms with van der Waals surface area (Å²) in [5.41, 5.74) is 5.03. The van der Waals surface area contributed by atoms with E-state index >= 15 is 0 Å². The van der Waals surface area contributed by atoms with E-state index in [1.807, 2.05) is 0 Å². The van der Waals surface area contributed by atoms with E-state index < -0.39 is 17.6 Å². The summed E-state index contributed by atoms with van der Waals surface area (Å²) in [6, 6.07) is 0. The molecule has 1 saturated heterocycles. The summed E-state index contributed by atoms with van der Waals surface area (Å²) in [6.07, 6.45) is 1.69. The summed E-state index contributed by atoms with van der Waals surface area (Å²) >= 11 is 0. The lowest BCUT2D eigenvalue weighted by molar-refractivity contribution is -0.149. The summed E-state index contributed by atoms with van der Waals surface area (Å²) in [4.78, 5) is 22.1. The van der Waals surface area contributed by atoms with Crippen molar-refractivity contribution in [2.45, 2.75) is 43.4 Å².